The molecule has 5 heteroatoms. The van der Waals surface area contributed by atoms with Gasteiger partial charge in [-0.05, 0) is 17.7 Å². The molecule has 1 aromatic heterocycles. The molecule has 0 spiro atoms. The molecule has 0 saturated carbocycles. The Morgan fingerprint density at radius 1 is 1.53 bits per heavy atom. The molecule has 0 bridgehead atoms. The minimum Gasteiger partial charge on any atom is -0.294 e. The van der Waals surface area contributed by atoms with E-state index in [9.17, 15) is 9.18 Å². The number of aryl methyl sites for hydroxylation is 1. The standard InChI is InChI=1S/C12H10ClFN2O/c1-16-7-8(6-15-16)5-11(17)9-3-2-4-10(13)12(9)14/h2-4,6-7H,5H2,1H3. The quantitative estimate of drug-likeness (QED) is 0.787. The van der Waals surface area contributed by atoms with Crippen molar-refractivity contribution in [2.24, 2.45) is 7.05 Å². The summed E-state index contributed by atoms with van der Waals surface area (Å²) in [5.41, 5.74) is 0.762. The number of carbonyl (C=O) groups excluding carboxylic acids is 1. The lowest BCUT2D eigenvalue weighted by atomic mass is 10.0. The van der Waals surface area contributed by atoms with E-state index in [-0.39, 0.29) is 22.8 Å². The molecule has 0 atom stereocenters. The van der Waals surface area contributed by atoms with E-state index in [1.807, 2.05) is 0 Å². The Bertz CT molecular complexity index is 565. The molecule has 0 unspecified atom stereocenters. The summed E-state index contributed by atoms with van der Waals surface area (Å²) < 4.78 is 15.2. The van der Waals surface area contributed by atoms with Crippen LogP contribution >= 0.6 is 11.6 Å². The van der Waals surface area contributed by atoms with E-state index < -0.39 is 5.82 Å². The van der Waals surface area contributed by atoms with Crippen molar-refractivity contribution >= 4 is 17.4 Å². The van der Waals surface area contributed by atoms with Crippen LogP contribution in [0.25, 0.3) is 0 Å². The summed E-state index contributed by atoms with van der Waals surface area (Å²) in [5.74, 6) is -0.971. The topological polar surface area (TPSA) is 34.9 Å². The van der Waals surface area contributed by atoms with Crippen LogP contribution in [0.1, 0.15) is 15.9 Å². The minimum absolute atomic E-state index is 0.0151. The van der Waals surface area contributed by atoms with Crippen LogP contribution in [0.2, 0.25) is 5.02 Å². The SMILES string of the molecule is Cn1cc(CC(=O)c2cccc(Cl)c2F)cn1. The second-order valence-electron chi connectivity index (χ2n) is 3.72. The summed E-state index contributed by atoms with van der Waals surface area (Å²) in [6, 6.07) is 4.40. The number of aromatic nitrogens is 2. The fourth-order valence-electron chi connectivity index (χ4n) is 1.56. The summed E-state index contributed by atoms with van der Waals surface area (Å²) in [6.45, 7) is 0. The zero-order valence-electron chi connectivity index (χ0n) is 9.15. The molecule has 0 aliphatic rings. The average Bonchev–Trinajstić information content (AvgIpc) is 2.68. The molecule has 0 aliphatic heterocycles. The zero-order chi connectivity index (χ0) is 12.4. The van der Waals surface area contributed by atoms with E-state index in [2.05, 4.69) is 5.10 Å². The number of carbonyl (C=O) groups is 1. The number of hydrogen-bond acceptors (Lipinski definition) is 2. The number of ketones is 1. The van der Waals surface area contributed by atoms with E-state index in [1.54, 1.807) is 30.2 Å². The number of Topliss-reactive ketones (excluding diaryl/α,β-unsaturated/α-hetero) is 1. The summed E-state index contributed by atoms with van der Waals surface area (Å²) in [4.78, 5) is 11.9. The molecule has 17 heavy (non-hydrogen) atoms. The van der Waals surface area contributed by atoms with Crippen molar-refractivity contribution in [3.8, 4) is 0 Å². The van der Waals surface area contributed by atoms with Crippen LogP contribution in [-0.4, -0.2) is 15.6 Å². The summed E-state index contributed by atoms with van der Waals surface area (Å²) in [6.07, 6.45) is 3.42. The third-order valence-electron chi connectivity index (χ3n) is 2.38. The van der Waals surface area contributed by atoms with Crippen LogP contribution in [0.5, 0.6) is 0 Å². The van der Waals surface area contributed by atoms with E-state index >= 15 is 0 Å². The lowest BCUT2D eigenvalue weighted by molar-refractivity contribution is 0.0989. The van der Waals surface area contributed by atoms with Crippen molar-refractivity contribution in [2.75, 3.05) is 0 Å². The van der Waals surface area contributed by atoms with Gasteiger partial charge in [0.2, 0.25) is 0 Å². The molecule has 2 rings (SSSR count). The molecular formula is C12H10ClFN2O. The van der Waals surface area contributed by atoms with Crippen molar-refractivity contribution in [3.05, 3.63) is 52.6 Å². The molecule has 0 radical (unpaired) electrons. The highest BCUT2D eigenvalue weighted by Crippen LogP contribution is 2.19. The Morgan fingerprint density at radius 3 is 2.94 bits per heavy atom. The normalized spacial score (nSPS) is 10.5. The molecule has 2 aromatic rings. The van der Waals surface area contributed by atoms with Crippen LogP contribution in [-0.2, 0) is 13.5 Å². The van der Waals surface area contributed by atoms with Crippen molar-refractivity contribution < 1.29 is 9.18 Å². The van der Waals surface area contributed by atoms with Crippen LogP contribution in [0.3, 0.4) is 0 Å². The molecule has 1 aromatic carbocycles. The highest BCUT2D eigenvalue weighted by molar-refractivity contribution is 6.31. The maximum atomic E-state index is 13.6. The van der Waals surface area contributed by atoms with Crippen LogP contribution in [0.15, 0.2) is 30.6 Å². The van der Waals surface area contributed by atoms with Gasteiger partial charge in [-0.1, -0.05) is 17.7 Å². The largest absolute Gasteiger partial charge is 0.294 e. The van der Waals surface area contributed by atoms with Crippen molar-refractivity contribution in [2.45, 2.75) is 6.42 Å². The summed E-state index contributed by atoms with van der Waals surface area (Å²) >= 11 is 5.62. The zero-order valence-corrected chi connectivity index (χ0v) is 9.91. The molecule has 0 aliphatic carbocycles. The molecular weight excluding hydrogens is 243 g/mol. The van der Waals surface area contributed by atoms with Gasteiger partial charge in [0.05, 0.1) is 16.8 Å². The van der Waals surface area contributed by atoms with Gasteiger partial charge in [-0.2, -0.15) is 5.10 Å². The lowest BCUT2D eigenvalue weighted by Gasteiger charge is -2.02. The number of hydrogen-bond donors (Lipinski definition) is 0. The highest BCUT2D eigenvalue weighted by atomic mass is 35.5. The predicted octanol–water partition coefficient (Wildman–Crippen LogP) is 2.64. The summed E-state index contributed by atoms with van der Waals surface area (Å²) in [5, 5.41) is 3.91. The Balaban J connectivity index is 2.23. The van der Waals surface area contributed by atoms with Crippen LogP contribution in [0.4, 0.5) is 4.39 Å². The third kappa shape index (κ3) is 2.53. The number of benzene rings is 1. The van der Waals surface area contributed by atoms with Gasteiger partial charge in [0.25, 0.3) is 0 Å². The molecule has 0 fully saturated rings. The maximum Gasteiger partial charge on any atom is 0.170 e. The Morgan fingerprint density at radius 2 is 2.29 bits per heavy atom. The Hall–Kier alpha value is -1.68. The third-order valence-corrected chi connectivity index (χ3v) is 2.67. The maximum absolute atomic E-state index is 13.6. The fourth-order valence-corrected chi connectivity index (χ4v) is 1.74. The van der Waals surface area contributed by atoms with Crippen molar-refractivity contribution in [1.82, 2.24) is 9.78 Å². The second kappa shape index (κ2) is 4.67. The monoisotopic (exact) mass is 252 g/mol. The van der Waals surface area contributed by atoms with E-state index in [0.717, 1.165) is 5.56 Å². The Kier molecular flexibility index (Phi) is 3.24. The van der Waals surface area contributed by atoms with Gasteiger partial charge in [0.15, 0.2) is 11.6 Å². The smallest absolute Gasteiger partial charge is 0.170 e. The van der Waals surface area contributed by atoms with Crippen LogP contribution < -0.4 is 0 Å². The molecule has 1 heterocycles. The van der Waals surface area contributed by atoms with Crippen LogP contribution in [0, 0.1) is 5.82 Å². The predicted molar refractivity (Wildman–Crippen MR) is 62.7 cm³/mol. The first-order valence-electron chi connectivity index (χ1n) is 5.02. The molecule has 88 valence electrons. The first kappa shape index (κ1) is 11.8. The van der Waals surface area contributed by atoms with Gasteiger partial charge in [-0.15, -0.1) is 0 Å². The molecule has 0 N–H and O–H groups in total. The lowest BCUT2D eigenvalue weighted by Crippen LogP contribution is -2.06. The molecule has 0 saturated heterocycles. The van der Waals surface area contributed by atoms with E-state index in [0.29, 0.717) is 0 Å². The van der Waals surface area contributed by atoms with Gasteiger partial charge in [0.1, 0.15) is 0 Å². The molecule has 3 nitrogen and oxygen atoms in total. The first-order chi connectivity index (χ1) is 8.08. The van der Waals surface area contributed by atoms with Gasteiger partial charge in [-0.25, -0.2) is 4.39 Å². The number of nitrogens with zero attached hydrogens (tertiary/aromatic N) is 2. The van der Waals surface area contributed by atoms with E-state index in [4.69, 9.17) is 11.6 Å². The average molecular weight is 253 g/mol. The fraction of sp³-hybridized carbons (Fsp3) is 0.167. The molecule has 0 amide bonds. The highest BCUT2D eigenvalue weighted by Gasteiger charge is 2.14. The minimum atomic E-state index is -0.664. The van der Waals surface area contributed by atoms with Gasteiger partial charge < -0.3 is 0 Å². The van der Waals surface area contributed by atoms with E-state index in [1.165, 1.54) is 12.1 Å². The van der Waals surface area contributed by atoms with Crippen molar-refractivity contribution in [3.63, 3.8) is 0 Å². The van der Waals surface area contributed by atoms with Gasteiger partial charge in [0, 0.05) is 19.7 Å². The number of rotatable bonds is 3. The number of halogens is 2. The first-order valence-corrected chi connectivity index (χ1v) is 5.40. The van der Waals surface area contributed by atoms with Gasteiger partial charge in [-0.3, -0.25) is 9.48 Å². The second-order valence-corrected chi connectivity index (χ2v) is 4.13. The van der Waals surface area contributed by atoms with Gasteiger partial charge >= 0.3 is 0 Å². The van der Waals surface area contributed by atoms with Crippen molar-refractivity contribution in [1.29, 1.82) is 0 Å². The summed E-state index contributed by atoms with van der Waals surface area (Å²) in [7, 11) is 1.76. The Labute approximate surface area is 103 Å².